The van der Waals surface area contributed by atoms with Crippen LogP contribution in [0.15, 0.2) is 0 Å². The second kappa shape index (κ2) is 40.1. The predicted octanol–water partition coefficient (Wildman–Crippen LogP) is 30.3. The van der Waals surface area contributed by atoms with E-state index in [1.165, 1.54) is 13.1 Å². The largest absolute Gasteiger partial charge is 0.460 e. The van der Waals surface area contributed by atoms with Crippen LogP contribution < -0.4 is 0 Å². The minimum atomic E-state index is -8.17. The first-order valence-corrected chi connectivity index (χ1v) is 55.0. The topological polar surface area (TPSA) is 46.2 Å². The first-order chi connectivity index (χ1) is 57.1. The van der Waals surface area contributed by atoms with E-state index in [1.54, 1.807) is 13.8 Å². The molecule has 0 aromatic carbocycles. The Kier molecular flexibility index (Phi) is 40.3. The van der Waals surface area contributed by atoms with Crippen molar-refractivity contribution in [2.45, 2.75) is 339 Å². The van der Waals surface area contributed by atoms with E-state index in [1.807, 2.05) is 0 Å². The number of hydrogen-bond donors (Lipinski definition) is 0. The molecule has 0 amide bonds. The van der Waals surface area contributed by atoms with Crippen molar-refractivity contribution in [1.82, 2.24) is 0 Å². The maximum atomic E-state index is 14.3. The molecule has 1 atom stereocenters. The fraction of sp³-hybridized carbons (Fsp3) is 1.00. The summed E-state index contributed by atoms with van der Waals surface area (Å²) in [5.41, 5.74) is 0.0367. The average Bonchev–Trinajstić information content (AvgIpc) is 0.727. The minimum absolute atomic E-state index is 0.0367. The van der Waals surface area contributed by atoms with Gasteiger partial charge in [-0.25, -0.2) is 0 Å². The molecule has 0 radical (unpaired) electrons. The van der Waals surface area contributed by atoms with Crippen LogP contribution in [0.2, 0.25) is 108 Å². The Morgan fingerprint density at radius 3 is 0.552 bits per heavy atom. The van der Waals surface area contributed by atoms with E-state index in [4.69, 9.17) is 21.2 Å². The summed E-state index contributed by atoms with van der Waals surface area (Å²) in [4.78, 5) is 0. The van der Waals surface area contributed by atoms with Gasteiger partial charge in [0.15, 0.2) is 34.0 Å². The molecular formula is C57H69F65O5Si7. The maximum absolute atomic E-state index is 14.3. The van der Waals surface area contributed by atoms with Crippen molar-refractivity contribution < 1.29 is 307 Å². The molecule has 0 fully saturated rings. The van der Waals surface area contributed by atoms with Gasteiger partial charge in [0.1, 0.15) is 0 Å². The van der Waals surface area contributed by atoms with Gasteiger partial charge >= 0.3 is 197 Å². The van der Waals surface area contributed by atoms with Crippen LogP contribution in [0.3, 0.4) is 0 Å². The lowest BCUT2D eigenvalue weighted by Crippen LogP contribution is -2.70. The molecule has 134 heavy (non-hydrogen) atoms. The molecule has 0 aliphatic heterocycles. The highest BCUT2D eigenvalue weighted by Crippen LogP contribution is 2.68. The number of hydrogen-bond acceptors (Lipinski definition) is 5. The SMILES string of the molecule is CCO[SiH](C[Si](C)(C)CCC(F)(F)C(F)(F)C(F)(F)C(F)(F)C(F)(F)C(F)(F)F)OCC.C[SiH](CCCC(F)(F)C(F)(F)C(F)(F)C(F)(F)C(F)(F)C(F)(F)F)O[Si](C)(C)CCC(F)(F)C(F)(F)C(F)(F)C(F)(F)C(F)(F)C(F)(F)F.C[Si](C)(CCC(F)(F)C(F)(F)C(F)(F)C(F)(F)C(F)(F)C(F)(F)F)O[Si](C)(C)O[Si](C)(C)CCC(F)(F)C(F)(F)C(F)(F)C(F)(F)C(F)(F)C(F)(F)F. The van der Waals surface area contributed by atoms with Crippen LogP contribution in [0.4, 0.5) is 285 Å². The molecule has 0 saturated carbocycles. The Hall–Kier alpha value is -3.23. The quantitative estimate of drug-likeness (QED) is 0.0449. The first kappa shape index (κ1) is 135. The summed E-state index contributed by atoms with van der Waals surface area (Å²) in [5.74, 6) is -190. The standard InChI is InChI=1S/C22H26F26O2Si3.C20H20F26OSi2.C15H23F13O2Si2/c1-51(2,9-7-11(23,24)13(27,28)15(31,32)17(35,36)19(39,40)21(43,44)45)49-53(5,6)50-52(3,4)10-8-12(25,26)14(29,30)16(33,34)18(37,38)20(41,42)22(46,47)48;1-48(7-4-5-9(21,22)11(25,26)13(29,30)15(33,34)17(37,38)19(41,42)43)47-49(2,3)8-6-10(23,24)12(27,28)14(31,32)16(35,36)18(39,40)20(44,45)46;1-5-29-31(30-6-2)9-32(3,4)8-7-10(16,17)11(18,19)12(20,21)13(22,23)14(24,25)15(26,27)28/h7-10H2,1-6H3;48H,4-8H2,1-3H3;31H,5-9H2,1-4H3. The van der Waals surface area contributed by atoms with Gasteiger partial charge in [-0.05, 0) is 109 Å². The molecule has 0 aliphatic carbocycles. The van der Waals surface area contributed by atoms with Crippen LogP contribution in [-0.4, -0.2) is 252 Å². The van der Waals surface area contributed by atoms with Crippen molar-refractivity contribution in [2.75, 3.05) is 13.2 Å². The summed E-state index contributed by atoms with van der Waals surface area (Å²) in [6.07, 6.45) is -52.5. The zero-order valence-corrected chi connectivity index (χ0v) is 75.5. The number of rotatable bonds is 48. The van der Waals surface area contributed by atoms with Gasteiger partial charge in [0.05, 0.1) is 0 Å². The van der Waals surface area contributed by atoms with Gasteiger partial charge in [-0.3, -0.25) is 0 Å². The highest BCUT2D eigenvalue weighted by Gasteiger charge is 2.96. The minimum Gasteiger partial charge on any atom is -0.458 e. The summed E-state index contributed by atoms with van der Waals surface area (Å²) in [6, 6.07) is -6.66. The summed E-state index contributed by atoms with van der Waals surface area (Å²) in [7, 11) is -25.5. The van der Waals surface area contributed by atoms with Crippen LogP contribution in [0.1, 0.15) is 52.4 Å². The molecule has 1 unspecified atom stereocenters. The Labute approximate surface area is 717 Å². The second-order valence-electron chi connectivity index (χ2n) is 31.9. The predicted molar refractivity (Wildman–Crippen MR) is 345 cm³/mol. The molecule has 0 bridgehead atoms. The van der Waals surface area contributed by atoms with E-state index >= 15 is 0 Å². The smallest absolute Gasteiger partial charge is 0.458 e. The lowest BCUT2D eigenvalue weighted by atomic mass is 9.92. The molecule has 0 aromatic heterocycles. The van der Waals surface area contributed by atoms with E-state index in [-0.39, 0.29) is 18.9 Å². The molecule has 0 heterocycles. The molecule has 0 rings (SSSR count). The second-order valence-corrected chi connectivity index (χ2v) is 59.5. The van der Waals surface area contributed by atoms with E-state index in [2.05, 4.69) is 0 Å². The fourth-order valence-corrected chi connectivity index (χ4v) is 38.5. The molecule has 810 valence electrons. The normalized spacial score (nSPS) is 16.6. The Bertz CT molecular complexity index is 3630. The van der Waals surface area contributed by atoms with E-state index in [0.29, 0.717) is 13.1 Å². The Morgan fingerprint density at radius 1 is 0.209 bits per heavy atom. The van der Waals surface area contributed by atoms with Crippen LogP contribution in [0.5, 0.6) is 0 Å². The maximum Gasteiger partial charge on any atom is 0.460 e. The van der Waals surface area contributed by atoms with Crippen LogP contribution >= 0.6 is 0 Å². The average molecular weight is 2270 g/mol. The van der Waals surface area contributed by atoms with Crippen molar-refractivity contribution in [3.63, 3.8) is 0 Å². The third-order valence-corrected chi connectivity index (χ3v) is 45.2. The lowest BCUT2D eigenvalue weighted by molar-refractivity contribution is -0.440. The molecule has 0 aromatic rings. The number of halogens is 65. The van der Waals surface area contributed by atoms with Gasteiger partial charge in [-0.1, -0.05) is 19.1 Å². The summed E-state index contributed by atoms with van der Waals surface area (Å²) < 4.78 is 888. The molecule has 0 saturated heterocycles. The number of alkyl halides is 65. The molecule has 0 N–H and O–H groups in total. The van der Waals surface area contributed by atoms with E-state index in [0.717, 1.165) is 45.8 Å². The van der Waals surface area contributed by atoms with Crippen molar-refractivity contribution in [2.24, 2.45) is 0 Å². The van der Waals surface area contributed by atoms with Gasteiger partial charge in [0, 0.05) is 53.4 Å². The Morgan fingerprint density at radius 2 is 0.373 bits per heavy atom. The van der Waals surface area contributed by atoms with Crippen LogP contribution in [-0.2, 0) is 21.2 Å². The van der Waals surface area contributed by atoms with Crippen molar-refractivity contribution in [1.29, 1.82) is 0 Å². The van der Waals surface area contributed by atoms with Crippen molar-refractivity contribution >= 4 is 59.9 Å². The van der Waals surface area contributed by atoms with Crippen LogP contribution in [0, 0.1) is 0 Å². The zero-order chi connectivity index (χ0) is 110. The molecule has 77 heteroatoms. The summed E-state index contributed by atoms with van der Waals surface area (Å²) >= 11 is 0. The molecule has 0 spiro atoms. The first-order valence-electron chi connectivity index (χ1n) is 35.2. The van der Waals surface area contributed by atoms with Gasteiger partial charge in [0.25, 0.3) is 0 Å². The third kappa shape index (κ3) is 25.9. The molecule has 5 nitrogen and oxygen atoms in total. The third-order valence-electron chi connectivity index (χ3n) is 18.3. The van der Waals surface area contributed by atoms with Gasteiger partial charge in [-0.15, -0.1) is 0 Å². The fourth-order valence-electron chi connectivity index (χ4n) is 10.5. The van der Waals surface area contributed by atoms with Gasteiger partial charge in [-0.2, -0.15) is 285 Å². The monoisotopic (exact) mass is 2260 g/mol. The van der Waals surface area contributed by atoms with E-state index < -0.39 is 308 Å². The zero-order valence-electron chi connectivity index (χ0n) is 68.2. The van der Waals surface area contributed by atoms with E-state index in [9.17, 15) is 285 Å². The van der Waals surface area contributed by atoms with Gasteiger partial charge in [0.2, 0.25) is 0 Å². The highest BCUT2D eigenvalue weighted by atomic mass is 28.5. The van der Waals surface area contributed by atoms with Crippen molar-refractivity contribution in [3.05, 3.63) is 0 Å². The highest BCUT2D eigenvalue weighted by molar-refractivity contribution is 6.88. The Balaban J connectivity index is -0.00000198. The van der Waals surface area contributed by atoms with Crippen LogP contribution in [0.25, 0.3) is 0 Å². The summed E-state index contributed by atoms with van der Waals surface area (Å²) in [5, 5.41) is 0. The van der Waals surface area contributed by atoms with Crippen molar-refractivity contribution in [3.8, 4) is 0 Å². The molecule has 0 aliphatic rings. The van der Waals surface area contributed by atoms with Gasteiger partial charge < -0.3 is 21.2 Å². The summed E-state index contributed by atoms with van der Waals surface area (Å²) in [6.45, 7) is 13.2. The lowest BCUT2D eigenvalue weighted by Gasteiger charge is -2.42. The molecular weight excluding hydrogens is 2200 g/mol.